The van der Waals surface area contributed by atoms with Gasteiger partial charge in [-0.05, 0) is 27.3 Å². The van der Waals surface area contributed by atoms with Crippen LogP contribution in [0.4, 0.5) is 0 Å². The number of likely N-dealkylation sites (tertiary alicyclic amines) is 1. The first-order valence-corrected chi connectivity index (χ1v) is 6.98. The second-order valence-electron chi connectivity index (χ2n) is 5.63. The van der Waals surface area contributed by atoms with Gasteiger partial charge in [0.05, 0.1) is 19.3 Å². The maximum atomic E-state index is 11.9. The molecule has 4 atom stereocenters. The molecule has 1 aliphatic heterocycles. The second kappa shape index (κ2) is 7.36. The lowest BCUT2D eigenvalue weighted by molar-refractivity contribution is -0.148. The minimum atomic E-state index is -0.679. The largest absolute Gasteiger partial charge is 0.468 e. The van der Waals surface area contributed by atoms with Crippen LogP contribution in [-0.4, -0.2) is 76.1 Å². The lowest BCUT2D eigenvalue weighted by Gasteiger charge is -2.33. The van der Waals surface area contributed by atoms with E-state index in [1.54, 1.807) is 21.3 Å². The zero-order valence-corrected chi connectivity index (χ0v) is 13.4. The molecular formula is C14H28N2O4. The summed E-state index contributed by atoms with van der Waals surface area (Å²) in [6.45, 7) is 5.62. The molecule has 118 valence electrons. The Bertz CT molecular complexity index is 314. The van der Waals surface area contributed by atoms with E-state index < -0.39 is 5.54 Å². The highest BCUT2D eigenvalue weighted by Crippen LogP contribution is 2.23. The Morgan fingerprint density at radius 2 is 1.80 bits per heavy atom. The molecule has 6 heteroatoms. The van der Waals surface area contributed by atoms with Gasteiger partial charge in [0.25, 0.3) is 0 Å². The normalized spacial score (nSPS) is 28.1. The van der Waals surface area contributed by atoms with Crippen LogP contribution in [0.1, 0.15) is 20.3 Å². The zero-order chi connectivity index (χ0) is 15.3. The van der Waals surface area contributed by atoms with Gasteiger partial charge in [-0.15, -0.1) is 0 Å². The van der Waals surface area contributed by atoms with E-state index >= 15 is 0 Å². The van der Waals surface area contributed by atoms with Gasteiger partial charge in [-0.3, -0.25) is 9.69 Å². The lowest BCUT2D eigenvalue weighted by Crippen LogP contribution is -2.52. The Kier molecular flexibility index (Phi) is 6.39. The van der Waals surface area contributed by atoms with Crippen molar-refractivity contribution in [2.24, 2.45) is 0 Å². The third-order valence-corrected chi connectivity index (χ3v) is 4.36. The highest BCUT2D eigenvalue weighted by molar-refractivity contribution is 5.80. The molecule has 0 aromatic carbocycles. The quantitative estimate of drug-likeness (QED) is 0.678. The van der Waals surface area contributed by atoms with Crippen molar-refractivity contribution in [2.45, 2.75) is 44.1 Å². The van der Waals surface area contributed by atoms with Crippen LogP contribution in [0.3, 0.4) is 0 Å². The van der Waals surface area contributed by atoms with Crippen LogP contribution in [0.2, 0.25) is 0 Å². The van der Waals surface area contributed by atoms with Gasteiger partial charge >= 0.3 is 5.97 Å². The Hall–Kier alpha value is -0.690. The summed E-state index contributed by atoms with van der Waals surface area (Å²) >= 11 is 0. The predicted molar refractivity (Wildman–Crippen MR) is 76.7 cm³/mol. The van der Waals surface area contributed by atoms with Gasteiger partial charge in [0.1, 0.15) is 5.54 Å². The van der Waals surface area contributed by atoms with Crippen molar-refractivity contribution in [1.29, 1.82) is 0 Å². The molecule has 1 fully saturated rings. The number of rotatable bonds is 7. The van der Waals surface area contributed by atoms with Crippen molar-refractivity contribution in [1.82, 2.24) is 10.2 Å². The van der Waals surface area contributed by atoms with Crippen molar-refractivity contribution >= 4 is 5.97 Å². The van der Waals surface area contributed by atoms with Crippen molar-refractivity contribution in [2.75, 3.05) is 41.5 Å². The van der Waals surface area contributed by atoms with Gasteiger partial charge in [0.2, 0.25) is 0 Å². The highest BCUT2D eigenvalue weighted by Gasteiger charge is 2.40. The van der Waals surface area contributed by atoms with Crippen molar-refractivity contribution in [3.8, 4) is 0 Å². The summed E-state index contributed by atoms with van der Waals surface area (Å²) in [6, 6.07) is 0.226. The van der Waals surface area contributed by atoms with Crippen LogP contribution in [-0.2, 0) is 19.0 Å². The number of carbonyl (C=O) groups is 1. The van der Waals surface area contributed by atoms with Crippen molar-refractivity contribution in [3.63, 3.8) is 0 Å². The summed E-state index contributed by atoms with van der Waals surface area (Å²) in [5.74, 6) is -0.238. The average Bonchev–Trinajstić information content (AvgIpc) is 2.89. The van der Waals surface area contributed by atoms with E-state index in [1.165, 1.54) is 7.11 Å². The predicted octanol–water partition coefficient (Wildman–Crippen LogP) is 0.262. The molecule has 0 radical (unpaired) electrons. The zero-order valence-electron chi connectivity index (χ0n) is 13.4. The number of hydrogen-bond acceptors (Lipinski definition) is 6. The number of ether oxygens (including phenoxy) is 3. The van der Waals surface area contributed by atoms with Crippen LogP contribution in [0.5, 0.6) is 0 Å². The maximum absolute atomic E-state index is 11.9. The van der Waals surface area contributed by atoms with Gasteiger partial charge in [-0.2, -0.15) is 0 Å². The van der Waals surface area contributed by atoms with Gasteiger partial charge in [-0.25, -0.2) is 0 Å². The van der Waals surface area contributed by atoms with E-state index in [9.17, 15) is 4.79 Å². The average molecular weight is 288 g/mol. The molecule has 0 aromatic heterocycles. The molecule has 0 amide bonds. The molecule has 20 heavy (non-hydrogen) atoms. The molecule has 1 aliphatic rings. The molecule has 0 saturated carbocycles. The minimum Gasteiger partial charge on any atom is -0.468 e. The van der Waals surface area contributed by atoms with Gasteiger partial charge < -0.3 is 19.5 Å². The van der Waals surface area contributed by atoms with Crippen LogP contribution >= 0.6 is 0 Å². The Morgan fingerprint density at radius 3 is 2.15 bits per heavy atom. The van der Waals surface area contributed by atoms with Crippen LogP contribution in [0, 0.1) is 0 Å². The highest BCUT2D eigenvalue weighted by atomic mass is 16.5. The number of esters is 1. The number of likely N-dealkylation sites (N-methyl/N-ethyl adjacent to an activating group) is 1. The molecule has 0 bridgehead atoms. The Morgan fingerprint density at radius 1 is 1.30 bits per heavy atom. The van der Waals surface area contributed by atoms with Crippen LogP contribution < -0.4 is 5.32 Å². The summed E-state index contributed by atoms with van der Waals surface area (Å²) in [5, 5.41) is 3.07. The number of nitrogens with one attached hydrogen (secondary N) is 1. The number of nitrogens with zero attached hydrogens (tertiary/aromatic N) is 1. The maximum Gasteiger partial charge on any atom is 0.325 e. The van der Waals surface area contributed by atoms with Gasteiger partial charge in [0, 0.05) is 33.4 Å². The first-order valence-electron chi connectivity index (χ1n) is 6.98. The van der Waals surface area contributed by atoms with E-state index in [-0.39, 0.29) is 24.2 Å². The van der Waals surface area contributed by atoms with Crippen LogP contribution in [0.15, 0.2) is 0 Å². The molecule has 4 unspecified atom stereocenters. The van der Waals surface area contributed by atoms with Gasteiger partial charge in [-0.1, -0.05) is 0 Å². The van der Waals surface area contributed by atoms with E-state index in [0.29, 0.717) is 6.42 Å². The molecule has 0 aromatic rings. The standard InChI is InChI=1S/C14H28N2O4/c1-10(7-14(2,15-3)13(17)20-6)16-8-11(18-4)12(9-16)19-5/h10-12,15H,7-9H2,1-6H3. The molecule has 1 N–H and O–H groups in total. The minimum absolute atomic E-state index is 0.0846. The Balaban J connectivity index is 2.67. The first kappa shape index (κ1) is 17.4. The summed E-state index contributed by atoms with van der Waals surface area (Å²) in [5.41, 5.74) is -0.679. The summed E-state index contributed by atoms with van der Waals surface area (Å²) < 4.78 is 15.8. The number of carbonyl (C=O) groups excluding carboxylic acids is 1. The molecular weight excluding hydrogens is 260 g/mol. The van der Waals surface area contributed by atoms with E-state index in [1.807, 2.05) is 6.92 Å². The number of hydrogen-bond donors (Lipinski definition) is 1. The second-order valence-corrected chi connectivity index (χ2v) is 5.63. The molecule has 0 aliphatic carbocycles. The topological polar surface area (TPSA) is 60.0 Å². The van der Waals surface area contributed by atoms with E-state index in [2.05, 4.69) is 17.1 Å². The summed E-state index contributed by atoms with van der Waals surface area (Å²) in [4.78, 5) is 14.2. The third-order valence-electron chi connectivity index (χ3n) is 4.36. The summed E-state index contributed by atoms with van der Waals surface area (Å²) in [7, 11) is 6.61. The molecule has 1 rings (SSSR count). The number of methoxy groups -OCH3 is 3. The fourth-order valence-electron chi connectivity index (χ4n) is 2.82. The SMILES string of the molecule is CNC(C)(CC(C)N1CC(OC)C(OC)C1)C(=O)OC. The smallest absolute Gasteiger partial charge is 0.325 e. The monoisotopic (exact) mass is 288 g/mol. The van der Waals surface area contributed by atoms with Crippen molar-refractivity contribution < 1.29 is 19.0 Å². The van der Waals surface area contributed by atoms with Gasteiger partial charge in [0.15, 0.2) is 0 Å². The third kappa shape index (κ3) is 3.69. The fourth-order valence-corrected chi connectivity index (χ4v) is 2.82. The lowest BCUT2D eigenvalue weighted by atomic mass is 9.93. The first-order chi connectivity index (χ1) is 9.41. The van der Waals surface area contributed by atoms with Crippen LogP contribution in [0.25, 0.3) is 0 Å². The van der Waals surface area contributed by atoms with E-state index in [4.69, 9.17) is 14.2 Å². The molecule has 1 saturated heterocycles. The van der Waals surface area contributed by atoms with E-state index in [0.717, 1.165) is 13.1 Å². The molecule has 1 heterocycles. The Labute approximate surface area is 121 Å². The summed E-state index contributed by atoms with van der Waals surface area (Å²) in [6.07, 6.45) is 0.839. The molecule has 6 nitrogen and oxygen atoms in total. The van der Waals surface area contributed by atoms with Crippen molar-refractivity contribution in [3.05, 3.63) is 0 Å². The fraction of sp³-hybridized carbons (Fsp3) is 0.929. The molecule has 0 spiro atoms.